The van der Waals surface area contributed by atoms with Crippen molar-refractivity contribution in [2.24, 2.45) is 11.8 Å². The maximum Gasteiger partial charge on any atom is 0.223 e. The number of pyridine rings is 1. The number of rotatable bonds is 5. The molecule has 1 aromatic carbocycles. The molecular formula is C21H26N2O3. The van der Waals surface area contributed by atoms with Crippen LogP contribution >= 0.6 is 0 Å². The number of hydrogen-bond acceptors (Lipinski definition) is 4. The van der Waals surface area contributed by atoms with Crippen molar-refractivity contribution in [2.45, 2.75) is 57.3 Å². The molecular weight excluding hydrogens is 328 g/mol. The number of benzene rings is 1. The molecule has 2 aliphatic rings. The van der Waals surface area contributed by atoms with Crippen molar-refractivity contribution in [1.82, 2.24) is 10.3 Å². The fraction of sp³-hybridized carbons (Fsp3) is 0.524. The molecule has 0 radical (unpaired) electrons. The van der Waals surface area contributed by atoms with Gasteiger partial charge in [-0.1, -0.05) is 18.2 Å². The smallest absolute Gasteiger partial charge is 0.223 e. The number of hydrogen-bond donors (Lipinski definition) is 2. The lowest BCUT2D eigenvalue weighted by Gasteiger charge is -2.44. The largest absolute Gasteiger partial charge is 0.488 e. The molecule has 138 valence electrons. The molecule has 1 aromatic heterocycles. The van der Waals surface area contributed by atoms with E-state index in [2.05, 4.69) is 10.3 Å². The number of carbonyl (C=O) groups excluding carboxylic acids is 1. The van der Waals surface area contributed by atoms with E-state index in [1.54, 1.807) is 6.20 Å². The van der Waals surface area contributed by atoms with Crippen LogP contribution in [0.1, 0.15) is 39.5 Å². The Hall–Kier alpha value is -2.14. The first-order chi connectivity index (χ1) is 12.4. The van der Waals surface area contributed by atoms with Crippen molar-refractivity contribution < 1.29 is 14.6 Å². The van der Waals surface area contributed by atoms with Gasteiger partial charge in [-0.05, 0) is 57.6 Å². The molecule has 0 atom stereocenters. The van der Waals surface area contributed by atoms with Crippen LogP contribution < -0.4 is 10.1 Å². The fourth-order valence-corrected chi connectivity index (χ4v) is 3.86. The number of aliphatic hydroxyl groups is 1. The van der Waals surface area contributed by atoms with E-state index in [-0.39, 0.29) is 29.9 Å². The maximum absolute atomic E-state index is 12.4. The first kappa shape index (κ1) is 17.3. The van der Waals surface area contributed by atoms with Crippen LogP contribution in [0.3, 0.4) is 0 Å². The monoisotopic (exact) mass is 354 g/mol. The zero-order valence-corrected chi connectivity index (χ0v) is 15.3. The van der Waals surface area contributed by atoms with Gasteiger partial charge in [-0.3, -0.25) is 9.78 Å². The molecule has 26 heavy (non-hydrogen) atoms. The molecule has 2 aromatic rings. The van der Waals surface area contributed by atoms with Gasteiger partial charge in [0.05, 0.1) is 5.60 Å². The second-order valence-corrected chi connectivity index (χ2v) is 8.27. The number of nitrogens with one attached hydrogen (secondary N) is 1. The molecule has 0 spiro atoms. The quantitative estimate of drug-likeness (QED) is 0.866. The number of fused-ring (bicyclic) bond motifs is 1. The molecule has 2 fully saturated rings. The van der Waals surface area contributed by atoms with E-state index < -0.39 is 5.60 Å². The number of nitrogens with zero attached hydrogens (tertiary/aromatic N) is 1. The lowest BCUT2D eigenvalue weighted by Crippen LogP contribution is -2.54. The first-order valence-electron chi connectivity index (χ1n) is 9.43. The van der Waals surface area contributed by atoms with Crippen molar-refractivity contribution in [1.29, 1.82) is 0 Å². The summed E-state index contributed by atoms with van der Waals surface area (Å²) >= 11 is 0. The van der Waals surface area contributed by atoms with Crippen LogP contribution in [0.25, 0.3) is 10.9 Å². The molecule has 0 aliphatic heterocycles. The Balaban J connectivity index is 1.26. The number of carbonyl (C=O) groups is 1. The van der Waals surface area contributed by atoms with Gasteiger partial charge in [-0.15, -0.1) is 0 Å². The molecule has 5 nitrogen and oxygen atoms in total. The third-order valence-corrected chi connectivity index (χ3v) is 5.84. The van der Waals surface area contributed by atoms with Gasteiger partial charge in [0.25, 0.3) is 0 Å². The normalized spacial score (nSPS) is 28.1. The Morgan fingerprint density at radius 2 is 1.92 bits per heavy atom. The topological polar surface area (TPSA) is 71.5 Å². The average molecular weight is 354 g/mol. The zero-order valence-electron chi connectivity index (χ0n) is 15.3. The molecule has 0 unspecified atom stereocenters. The van der Waals surface area contributed by atoms with Gasteiger partial charge in [0.15, 0.2) is 0 Å². The summed E-state index contributed by atoms with van der Waals surface area (Å²) in [7, 11) is 0. The Morgan fingerprint density at radius 3 is 2.65 bits per heavy atom. The van der Waals surface area contributed by atoms with Crippen molar-refractivity contribution in [2.75, 3.05) is 0 Å². The van der Waals surface area contributed by atoms with Gasteiger partial charge in [-0.25, -0.2) is 0 Å². The highest BCUT2D eigenvalue weighted by Crippen LogP contribution is 2.38. The van der Waals surface area contributed by atoms with E-state index in [1.165, 1.54) is 0 Å². The van der Waals surface area contributed by atoms with Crippen LogP contribution in [0, 0.1) is 11.8 Å². The van der Waals surface area contributed by atoms with Crippen LogP contribution in [0.4, 0.5) is 0 Å². The maximum atomic E-state index is 12.4. The van der Waals surface area contributed by atoms with E-state index in [0.717, 1.165) is 42.3 Å². The van der Waals surface area contributed by atoms with Gasteiger partial charge in [-0.2, -0.15) is 0 Å². The van der Waals surface area contributed by atoms with E-state index >= 15 is 0 Å². The number of aromatic nitrogens is 1. The Bertz CT molecular complexity index is 797. The highest BCUT2D eigenvalue weighted by Gasteiger charge is 2.42. The minimum Gasteiger partial charge on any atom is -0.488 e. The minimum absolute atomic E-state index is 0.0316. The van der Waals surface area contributed by atoms with Gasteiger partial charge in [0.1, 0.15) is 17.4 Å². The second kappa shape index (κ2) is 6.54. The van der Waals surface area contributed by atoms with Gasteiger partial charge < -0.3 is 15.2 Å². The number of ether oxygens (including phenoxy) is 1. The van der Waals surface area contributed by atoms with Crippen LogP contribution in [-0.4, -0.2) is 33.7 Å². The molecule has 5 heteroatoms. The molecule has 1 amide bonds. The van der Waals surface area contributed by atoms with Crippen molar-refractivity contribution in [3.63, 3.8) is 0 Å². The number of para-hydroxylation sites is 1. The Morgan fingerprint density at radius 1 is 1.19 bits per heavy atom. The summed E-state index contributed by atoms with van der Waals surface area (Å²) in [6, 6.07) is 10.1. The highest BCUT2D eigenvalue weighted by molar-refractivity contribution is 5.84. The highest BCUT2D eigenvalue weighted by atomic mass is 16.5. The van der Waals surface area contributed by atoms with Crippen molar-refractivity contribution >= 4 is 16.8 Å². The third kappa shape index (κ3) is 3.40. The van der Waals surface area contributed by atoms with Gasteiger partial charge >= 0.3 is 0 Å². The van der Waals surface area contributed by atoms with Crippen molar-refractivity contribution in [3.05, 3.63) is 36.5 Å². The van der Waals surface area contributed by atoms with Crippen LogP contribution in [-0.2, 0) is 4.79 Å². The summed E-state index contributed by atoms with van der Waals surface area (Å²) in [6.07, 6.45) is 5.07. The average Bonchev–Trinajstić information content (AvgIpc) is 2.52. The first-order valence-corrected chi connectivity index (χ1v) is 9.43. The lowest BCUT2D eigenvalue weighted by molar-refractivity contribution is -0.133. The van der Waals surface area contributed by atoms with Gasteiger partial charge in [0.2, 0.25) is 5.91 Å². The number of amides is 1. The molecule has 1 heterocycles. The predicted octanol–water partition coefficient (Wildman–Crippen LogP) is 3.06. The second-order valence-electron chi connectivity index (χ2n) is 8.27. The zero-order chi connectivity index (χ0) is 18.3. The standard InChI is InChI=1S/C21H26N2O3/c1-21(2,25)15-11-16(12-15)23-20(24)14-9-17(10-14)26-18-7-3-5-13-6-4-8-22-19(13)18/h3-8,14-17,25H,9-12H2,1-2H3,(H,23,24)/t14-,15-,16-,17-. The molecule has 4 rings (SSSR count). The molecule has 0 saturated heterocycles. The summed E-state index contributed by atoms with van der Waals surface area (Å²) in [5, 5.41) is 14.1. The fourth-order valence-electron chi connectivity index (χ4n) is 3.86. The summed E-state index contributed by atoms with van der Waals surface area (Å²) in [4.78, 5) is 16.8. The molecule has 2 aliphatic carbocycles. The van der Waals surface area contributed by atoms with E-state index in [9.17, 15) is 9.90 Å². The lowest BCUT2D eigenvalue weighted by atomic mass is 9.71. The summed E-state index contributed by atoms with van der Waals surface area (Å²) < 4.78 is 6.08. The Labute approximate surface area is 153 Å². The summed E-state index contributed by atoms with van der Waals surface area (Å²) in [5.74, 6) is 1.23. The van der Waals surface area contributed by atoms with Crippen LogP contribution in [0.15, 0.2) is 36.5 Å². The van der Waals surface area contributed by atoms with Crippen molar-refractivity contribution in [3.8, 4) is 5.75 Å². The SMILES string of the molecule is CC(C)(O)[C@H]1C[C@H](NC(=O)[C@H]2C[C@H](Oc3cccc4cccnc34)C2)C1. The van der Waals surface area contributed by atoms with Crippen LogP contribution in [0.2, 0.25) is 0 Å². The summed E-state index contributed by atoms with van der Waals surface area (Å²) in [6.45, 7) is 3.68. The molecule has 0 bridgehead atoms. The molecule has 2 N–H and O–H groups in total. The van der Waals surface area contributed by atoms with Gasteiger partial charge in [0, 0.05) is 23.5 Å². The molecule has 2 saturated carbocycles. The minimum atomic E-state index is -0.650. The van der Waals surface area contributed by atoms with Crippen LogP contribution in [0.5, 0.6) is 5.75 Å². The third-order valence-electron chi connectivity index (χ3n) is 5.84. The van der Waals surface area contributed by atoms with E-state index in [1.807, 2.05) is 44.2 Å². The van der Waals surface area contributed by atoms with E-state index in [4.69, 9.17) is 4.74 Å². The predicted molar refractivity (Wildman–Crippen MR) is 99.8 cm³/mol. The summed E-state index contributed by atoms with van der Waals surface area (Å²) in [5.41, 5.74) is 0.221. The van der Waals surface area contributed by atoms with E-state index in [0.29, 0.717) is 0 Å². The Kier molecular flexibility index (Phi) is 4.35.